The first-order valence-electron chi connectivity index (χ1n) is 6.23. The SMILES string of the molecule is C=CCC(NN)c1ccc(OCC)c(OCC)c1. The zero-order valence-corrected chi connectivity index (χ0v) is 11.1. The Morgan fingerprint density at radius 1 is 1.28 bits per heavy atom. The summed E-state index contributed by atoms with van der Waals surface area (Å²) in [7, 11) is 0. The van der Waals surface area contributed by atoms with Crippen LogP contribution in [0.4, 0.5) is 0 Å². The second-order valence-electron chi connectivity index (χ2n) is 3.82. The standard InChI is InChI=1S/C14H22N2O2/c1-4-7-12(16-15)11-8-9-13(17-5-2)14(10-11)18-6-3/h4,8-10,12,16H,1,5-7,15H2,2-3H3. The number of hydrogen-bond donors (Lipinski definition) is 2. The van der Waals surface area contributed by atoms with Gasteiger partial charge in [-0.15, -0.1) is 6.58 Å². The van der Waals surface area contributed by atoms with Gasteiger partial charge in [0.15, 0.2) is 11.5 Å². The molecule has 18 heavy (non-hydrogen) atoms. The lowest BCUT2D eigenvalue weighted by Crippen LogP contribution is -2.27. The largest absolute Gasteiger partial charge is 0.490 e. The van der Waals surface area contributed by atoms with Crippen LogP contribution in [-0.2, 0) is 0 Å². The van der Waals surface area contributed by atoms with E-state index < -0.39 is 0 Å². The third-order valence-electron chi connectivity index (χ3n) is 2.57. The second kappa shape index (κ2) is 7.74. The van der Waals surface area contributed by atoms with E-state index in [1.165, 1.54) is 0 Å². The normalized spacial score (nSPS) is 11.9. The van der Waals surface area contributed by atoms with Crippen LogP contribution < -0.4 is 20.7 Å². The number of ether oxygens (including phenoxy) is 2. The molecule has 0 aromatic heterocycles. The van der Waals surface area contributed by atoms with Gasteiger partial charge in [-0.1, -0.05) is 12.1 Å². The van der Waals surface area contributed by atoms with Crippen molar-refractivity contribution in [3.63, 3.8) is 0 Å². The molecule has 100 valence electrons. The van der Waals surface area contributed by atoms with Crippen molar-refractivity contribution >= 4 is 0 Å². The van der Waals surface area contributed by atoms with E-state index in [0.29, 0.717) is 13.2 Å². The highest BCUT2D eigenvalue weighted by Gasteiger charge is 2.12. The Labute approximate surface area is 109 Å². The Kier molecular flexibility index (Phi) is 6.25. The molecule has 3 N–H and O–H groups in total. The Morgan fingerprint density at radius 3 is 2.50 bits per heavy atom. The van der Waals surface area contributed by atoms with Crippen molar-refractivity contribution in [3.8, 4) is 11.5 Å². The van der Waals surface area contributed by atoms with Crippen LogP contribution in [0.2, 0.25) is 0 Å². The van der Waals surface area contributed by atoms with Gasteiger partial charge in [-0.25, -0.2) is 0 Å². The maximum absolute atomic E-state index is 5.58. The van der Waals surface area contributed by atoms with E-state index in [-0.39, 0.29) is 6.04 Å². The van der Waals surface area contributed by atoms with Crippen molar-refractivity contribution in [1.29, 1.82) is 0 Å². The van der Waals surface area contributed by atoms with Crippen molar-refractivity contribution in [2.45, 2.75) is 26.3 Å². The van der Waals surface area contributed by atoms with Gasteiger partial charge in [0, 0.05) is 6.04 Å². The molecule has 0 aliphatic carbocycles. The maximum atomic E-state index is 5.58. The molecular weight excluding hydrogens is 228 g/mol. The fourth-order valence-electron chi connectivity index (χ4n) is 1.75. The topological polar surface area (TPSA) is 56.5 Å². The zero-order valence-electron chi connectivity index (χ0n) is 11.1. The molecule has 4 heteroatoms. The highest BCUT2D eigenvalue weighted by atomic mass is 16.5. The molecular formula is C14H22N2O2. The van der Waals surface area contributed by atoms with Crippen molar-refractivity contribution in [3.05, 3.63) is 36.4 Å². The van der Waals surface area contributed by atoms with Crippen molar-refractivity contribution in [2.24, 2.45) is 5.84 Å². The summed E-state index contributed by atoms with van der Waals surface area (Å²) < 4.78 is 11.1. The summed E-state index contributed by atoms with van der Waals surface area (Å²) in [4.78, 5) is 0. The minimum atomic E-state index is 0.0392. The van der Waals surface area contributed by atoms with Gasteiger partial charge in [-0.05, 0) is 38.0 Å². The quantitative estimate of drug-likeness (QED) is 0.423. The van der Waals surface area contributed by atoms with Gasteiger partial charge in [-0.2, -0.15) is 0 Å². The molecule has 0 aliphatic heterocycles. The average Bonchev–Trinajstić information content (AvgIpc) is 2.38. The molecule has 0 saturated carbocycles. The van der Waals surface area contributed by atoms with Crippen LogP contribution in [0.15, 0.2) is 30.9 Å². The minimum absolute atomic E-state index is 0.0392. The first-order valence-corrected chi connectivity index (χ1v) is 6.23. The monoisotopic (exact) mass is 250 g/mol. The average molecular weight is 250 g/mol. The summed E-state index contributed by atoms with van der Waals surface area (Å²) in [6, 6.07) is 5.90. The van der Waals surface area contributed by atoms with Gasteiger partial charge in [-0.3, -0.25) is 11.3 Å². The Balaban J connectivity index is 3.00. The van der Waals surface area contributed by atoms with Crippen LogP contribution in [-0.4, -0.2) is 13.2 Å². The van der Waals surface area contributed by atoms with E-state index in [2.05, 4.69) is 12.0 Å². The first-order chi connectivity index (χ1) is 8.76. The summed E-state index contributed by atoms with van der Waals surface area (Å²) in [6.45, 7) is 8.85. The minimum Gasteiger partial charge on any atom is -0.490 e. The van der Waals surface area contributed by atoms with Crippen molar-refractivity contribution in [1.82, 2.24) is 5.43 Å². The number of rotatable bonds is 8. The summed E-state index contributed by atoms with van der Waals surface area (Å²) >= 11 is 0. The van der Waals surface area contributed by atoms with Gasteiger partial charge in [0.2, 0.25) is 0 Å². The van der Waals surface area contributed by atoms with E-state index in [1.54, 1.807) is 0 Å². The fourth-order valence-corrected chi connectivity index (χ4v) is 1.75. The van der Waals surface area contributed by atoms with Crippen LogP contribution in [0.5, 0.6) is 11.5 Å². The molecule has 0 amide bonds. The Hall–Kier alpha value is -1.52. The third kappa shape index (κ3) is 3.75. The molecule has 0 saturated heterocycles. The first kappa shape index (κ1) is 14.5. The summed E-state index contributed by atoms with van der Waals surface area (Å²) in [6.07, 6.45) is 2.59. The van der Waals surface area contributed by atoms with E-state index in [9.17, 15) is 0 Å². The predicted molar refractivity (Wildman–Crippen MR) is 73.7 cm³/mol. The Morgan fingerprint density at radius 2 is 1.94 bits per heavy atom. The number of nitrogens with two attached hydrogens (primary N) is 1. The lowest BCUT2D eigenvalue weighted by atomic mass is 10.0. The highest BCUT2D eigenvalue weighted by molar-refractivity contribution is 5.44. The number of hydrogen-bond acceptors (Lipinski definition) is 4. The molecule has 1 aromatic carbocycles. The highest BCUT2D eigenvalue weighted by Crippen LogP contribution is 2.31. The summed E-state index contributed by atoms with van der Waals surface area (Å²) in [5.74, 6) is 7.05. The molecule has 1 atom stereocenters. The molecule has 0 fully saturated rings. The summed E-state index contributed by atoms with van der Waals surface area (Å²) in [5, 5.41) is 0. The van der Waals surface area contributed by atoms with Crippen LogP contribution in [0.1, 0.15) is 31.9 Å². The van der Waals surface area contributed by atoms with E-state index >= 15 is 0 Å². The number of nitrogens with one attached hydrogen (secondary N) is 1. The van der Waals surface area contributed by atoms with E-state index in [1.807, 2.05) is 38.1 Å². The van der Waals surface area contributed by atoms with Gasteiger partial charge in [0.1, 0.15) is 0 Å². The predicted octanol–water partition coefficient (Wildman–Crippen LogP) is 2.56. The molecule has 0 aliphatic rings. The van der Waals surface area contributed by atoms with Gasteiger partial charge in [0.25, 0.3) is 0 Å². The molecule has 1 rings (SSSR count). The lowest BCUT2D eigenvalue weighted by Gasteiger charge is -2.17. The van der Waals surface area contributed by atoms with Gasteiger partial charge >= 0.3 is 0 Å². The number of hydrazine groups is 1. The Bertz CT molecular complexity index is 380. The molecule has 0 radical (unpaired) electrons. The molecule has 4 nitrogen and oxygen atoms in total. The van der Waals surface area contributed by atoms with Crippen LogP contribution >= 0.6 is 0 Å². The van der Waals surface area contributed by atoms with E-state index in [0.717, 1.165) is 23.5 Å². The molecule has 0 heterocycles. The molecule has 1 unspecified atom stereocenters. The van der Waals surface area contributed by atoms with Gasteiger partial charge < -0.3 is 9.47 Å². The fraction of sp³-hybridized carbons (Fsp3) is 0.429. The summed E-state index contributed by atoms with van der Waals surface area (Å²) in [5.41, 5.74) is 3.83. The van der Waals surface area contributed by atoms with Crippen molar-refractivity contribution < 1.29 is 9.47 Å². The number of benzene rings is 1. The second-order valence-corrected chi connectivity index (χ2v) is 3.82. The van der Waals surface area contributed by atoms with Crippen LogP contribution in [0.3, 0.4) is 0 Å². The molecule has 0 spiro atoms. The van der Waals surface area contributed by atoms with Crippen molar-refractivity contribution in [2.75, 3.05) is 13.2 Å². The van der Waals surface area contributed by atoms with E-state index in [4.69, 9.17) is 15.3 Å². The zero-order chi connectivity index (χ0) is 13.4. The van der Waals surface area contributed by atoms with Gasteiger partial charge in [0.05, 0.1) is 13.2 Å². The van der Waals surface area contributed by atoms with Crippen LogP contribution in [0, 0.1) is 0 Å². The molecule has 1 aromatic rings. The maximum Gasteiger partial charge on any atom is 0.161 e. The molecule has 0 bridgehead atoms. The van der Waals surface area contributed by atoms with Crippen LogP contribution in [0.25, 0.3) is 0 Å². The smallest absolute Gasteiger partial charge is 0.161 e. The lowest BCUT2D eigenvalue weighted by molar-refractivity contribution is 0.287. The third-order valence-corrected chi connectivity index (χ3v) is 2.57.